The molecule has 2 amide bonds. The van der Waals surface area contributed by atoms with E-state index >= 15 is 0 Å². The van der Waals surface area contributed by atoms with Crippen molar-refractivity contribution in [3.8, 4) is 51.7 Å². The number of carbonyl (C=O) groups excluding carboxylic acids is 2. The minimum Gasteiger partial charge on any atom is -0.693 e. The third kappa shape index (κ3) is 54.2. The molecule has 22 heteroatoms. The molecule has 0 saturated carbocycles. The van der Waals surface area contributed by atoms with Gasteiger partial charge in [0.15, 0.2) is 0 Å². The van der Waals surface area contributed by atoms with Crippen LogP contribution in [-0.4, -0.2) is 84.4 Å². The van der Waals surface area contributed by atoms with Crippen LogP contribution in [-0.2, 0) is 171 Å². The molecule has 3 aromatic carbocycles. The summed E-state index contributed by atoms with van der Waals surface area (Å²) in [6, 6.07) is 15.4. The molecule has 3 aromatic rings. The van der Waals surface area contributed by atoms with Crippen molar-refractivity contribution in [2.24, 2.45) is 0 Å². The maximum atomic E-state index is 9.90. The molecule has 0 aliphatic heterocycles. The van der Waals surface area contributed by atoms with Crippen molar-refractivity contribution in [3.05, 3.63) is 93.0 Å². The summed E-state index contributed by atoms with van der Waals surface area (Å²) in [6.07, 6.45) is -0.949. The third-order valence-electron chi connectivity index (χ3n) is 5.32. The number of phenols is 1. The Morgan fingerprint density at radius 3 is 0.794 bits per heavy atom. The number of methoxy groups -OCH3 is 6. The van der Waals surface area contributed by atoms with Crippen molar-refractivity contribution < 1.29 is 223 Å². The normalized spacial score (nSPS) is 8.57. The van der Waals surface area contributed by atoms with Gasteiger partial charge in [0, 0.05) is 216 Å². The molecule has 3 rings (SSSR count). The second-order valence-corrected chi connectivity index (χ2v) is 12.4. The molecule has 0 saturated heterocycles. The van der Waals surface area contributed by atoms with Gasteiger partial charge in [0.25, 0.3) is 0 Å². The Morgan fingerprint density at radius 1 is 0.492 bits per heavy atom. The number of phenolic OH excluding ortho intramolecular Hbond substituents is 1. The molecule has 0 atom stereocenters. The Balaban J connectivity index is -0.0000000675. The largest absolute Gasteiger partial charge is 0.693 e. The summed E-state index contributed by atoms with van der Waals surface area (Å²) in [5.74, 6) is 5.55. The third-order valence-corrected chi connectivity index (χ3v) is 5.32. The average Bonchev–Trinajstić information content (AvgIpc) is 3.10. The quantitative estimate of drug-likeness (QED) is 0.187. The van der Waals surface area contributed by atoms with Gasteiger partial charge in [-0.2, -0.15) is 6.42 Å². The van der Waals surface area contributed by atoms with E-state index in [0.29, 0.717) is 59.2 Å². The van der Waals surface area contributed by atoms with Gasteiger partial charge in [-0.05, 0) is 54.8 Å². The van der Waals surface area contributed by atoms with Crippen LogP contribution >= 0.6 is 0 Å². The molecule has 0 heterocycles. The van der Waals surface area contributed by atoms with E-state index in [9.17, 15) is 9.59 Å². The van der Waals surface area contributed by atoms with Crippen LogP contribution in [0.15, 0.2) is 54.6 Å². The van der Waals surface area contributed by atoms with Gasteiger partial charge in [0.2, 0.25) is 12.2 Å². The molecule has 0 aliphatic rings. The number of rotatable bonds is 10. The zero-order valence-electron chi connectivity index (χ0n) is 38.8. The molecule has 355 valence electrons. The Labute approximate surface area is 495 Å². The van der Waals surface area contributed by atoms with E-state index in [-0.39, 0.29) is 173 Å². The number of ether oxygens (including phenoxy) is 10. The molecule has 0 spiro atoms. The van der Waals surface area contributed by atoms with Crippen LogP contribution in [0.25, 0.3) is 17.6 Å². The first-order chi connectivity index (χ1) is 26.1. The number of hydrogen-bond acceptors (Lipinski definition) is 13. The van der Waals surface area contributed by atoms with Gasteiger partial charge in [-0.1, -0.05) is 6.92 Å². The van der Waals surface area contributed by atoms with Crippen LogP contribution < -0.4 is 37.9 Å². The van der Waals surface area contributed by atoms with Crippen LogP contribution in [0, 0.1) is 20.8 Å². The number of amides is 2. The summed E-state index contributed by atoms with van der Waals surface area (Å²) in [4.78, 5) is 19.8. The molecule has 16 nitrogen and oxygen atoms in total. The van der Waals surface area contributed by atoms with Gasteiger partial charge < -0.3 is 90.9 Å². The second kappa shape index (κ2) is 51.1. The van der Waals surface area contributed by atoms with Crippen molar-refractivity contribution in [1.82, 2.24) is 0 Å². The molecule has 0 aromatic heterocycles. The van der Waals surface area contributed by atoms with Crippen LogP contribution in [0.5, 0.6) is 51.7 Å². The van der Waals surface area contributed by atoms with Gasteiger partial charge in [-0.15, -0.1) is 0 Å². The van der Waals surface area contributed by atoms with E-state index < -0.39 is 23.4 Å². The van der Waals surface area contributed by atoms with E-state index in [1.54, 1.807) is 112 Å². The van der Waals surface area contributed by atoms with E-state index in [4.69, 9.17) is 54.5 Å². The Bertz CT molecular complexity index is 1380. The van der Waals surface area contributed by atoms with Crippen molar-refractivity contribution in [1.29, 1.82) is 0 Å². The molecule has 0 unspecified atom stereocenters. The van der Waals surface area contributed by atoms with Gasteiger partial charge in [-0.3, -0.25) is 9.59 Å². The standard InChI is InChI=1S/2C10H13O3.C8H10O3.2C5H11NO2.C3H7.H2N.3W.3Y/c2*1-4-13-10-6-8(11-2)5-9(7-10)12-3;1-10-7-3-6(9)4-8(5-7)11-2;2*1-5(2,3)8-4(6)7;1-3-2;;;;;;;/h2*5-7H,1,4H2,2-3H3;3-5,9H,1-2H3;2*1-3H3,(H2,6,7);1,3H2,2H3;1H2;;;;;;/q2*-1;;;;2*-1;;;;;;/p-2. The zero-order chi connectivity index (χ0) is 43.9. The Hall–Kier alpha value is -0.263. The predicted molar refractivity (Wildman–Crippen MR) is 224 cm³/mol. The topological polar surface area (TPSA) is 228 Å². The second-order valence-electron chi connectivity index (χ2n) is 12.4. The minimum atomic E-state index is -0.975. The number of nitrogens with two attached hydrogens (primary N) is 1. The zero-order valence-corrected chi connectivity index (χ0v) is 56.1. The monoisotopic (exact) mass is 1630 g/mol. The first kappa shape index (κ1) is 86.0. The molecular formula is C41H65N3O13W3Y3-6. The van der Waals surface area contributed by atoms with Crippen molar-refractivity contribution >= 4 is 12.2 Å². The Kier molecular flexibility index (Phi) is 69.8. The van der Waals surface area contributed by atoms with Crippen molar-refractivity contribution in [3.63, 3.8) is 0 Å². The summed E-state index contributed by atoms with van der Waals surface area (Å²) in [7, 11) is 9.47. The number of aromatic hydroxyl groups is 1. The summed E-state index contributed by atoms with van der Waals surface area (Å²) >= 11 is 0. The fourth-order valence-electron chi connectivity index (χ4n) is 3.31. The number of hydrogen-bond donors (Lipinski definition) is 1. The minimum absolute atomic E-state index is 0. The Morgan fingerprint density at radius 2 is 0.667 bits per heavy atom. The summed E-state index contributed by atoms with van der Waals surface area (Å²) in [5, 5.41) is 9.10. The van der Waals surface area contributed by atoms with Gasteiger partial charge in [0.1, 0.15) is 62.9 Å². The van der Waals surface area contributed by atoms with Gasteiger partial charge in [-0.25, -0.2) is 0 Å². The molecular weight excluding hydrogens is 1560 g/mol. The summed E-state index contributed by atoms with van der Waals surface area (Å²) < 4.78 is 49.4. The fraction of sp³-hybridized carbons (Fsp3) is 0.439. The van der Waals surface area contributed by atoms with Crippen LogP contribution in [0.2, 0.25) is 0 Å². The SMILES string of the molecule is CC(C)(C)OC([NH-])=O.CC(C)(C)OC([NH-])=O.COc1cc(O)cc(OC)c1.[CH2-]CC.[CH2-]COc1cc(OC)cc(OC)c1.[CH2-]COc1cc(OC)cc(OC)c1.[NH2-].[W].[W].[W].[Y].[Y].[Y]. The average molecular weight is 1630 g/mol. The van der Waals surface area contributed by atoms with Crippen LogP contribution in [0.3, 0.4) is 0 Å². The number of nitrogens with one attached hydrogen (secondary N) is 2. The van der Waals surface area contributed by atoms with Crippen molar-refractivity contribution in [2.45, 2.75) is 66.1 Å². The van der Waals surface area contributed by atoms with Crippen molar-refractivity contribution in [2.75, 3.05) is 55.9 Å². The maximum absolute atomic E-state index is 9.90. The van der Waals surface area contributed by atoms with Gasteiger partial charge >= 0.3 is 0 Å². The number of carbonyl (C=O) groups is 2. The van der Waals surface area contributed by atoms with E-state index in [1.807, 2.05) is 6.92 Å². The maximum Gasteiger partial charge on any atom is 0.227 e. The predicted octanol–water partition coefficient (Wildman–Crippen LogP) is 11.1. The first-order valence-electron chi connectivity index (χ1n) is 17.0. The van der Waals surface area contributed by atoms with E-state index in [0.717, 1.165) is 6.42 Å². The molecule has 63 heavy (non-hydrogen) atoms. The van der Waals surface area contributed by atoms with E-state index in [1.165, 1.54) is 26.4 Å². The smallest absolute Gasteiger partial charge is 0.227 e. The summed E-state index contributed by atoms with van der Waals surface area (Å²) in [6.45, 7) is 23.8. The first-order valence-corrected chi connectivity index (χ1v) is 17.0. The van der Waals surface area contributed by atoms with Crippen LogP contribution in [0.4, 0.5) is 9.59 Å². The molecule has 3 radical (unpaired) electrons. The van der Waals surface area contributed by atoms with Crippen LogP contribution in [0.1, 0.15) is 54.9 Å². The fourth-order valence-corrected chi connectivity index (χ4v) is 3.31. The molecule has 0 bridgehead atoms. The number of benzene rings is 3. The molecule has 0 aliphatic carbocycles. The summed E-state index contributed by atoms with van der Waals surface area (Å²) in [5.41, 5.74) is 11.7. The molecule has 5 N–H and O–H groups in total. The van der Waals surface area contributed by atoms with E-state index in [2.05, 4.69) is 30.2 Å². The molecule has 0 fully saturated rings. The van der Waals surface area contributed by atoms with Gasteiger partial charge in [0.05, 0.1) is 42.7 Å².